The lowest BCUT2D eigenvalue weighted by molar-refractivity contribution is 0.325. The first-order chi connectivity index (χ1) is 9.25. The van der Waals surface area contributed by atoms with Crippen LogP contribution in [0.5, 0.6) is 0 Å². The Balaban J connectivity index is 1.64. The molecule has 0 fully saturated rings. The predicted octanol–water partition coefficient (Wildman–Crippen LogP) is 2.35. The van der Waals surface area contributed by atoms with Gasteiger partial charge in [0.2, 0.25) is 5.95 Å². The Kier molecular flexibility index (Phi) is 4.98. The van der Waals surface area contributed by atoms with E-state index in [9.17, 15) is 0 Å². The molecule has 1 aromatic heterocycles. The summed E-state index contributed by atoms with van der Waals surface area (Å²) >= 11 is 0. The van der Waals surface area contributed by atoms with Crippen LogP contribution in [0, 0.1) is 0 Å². The molecule has 0 spiro atoms. The summed E-state index contributed by atoms with van der Waals surface area (Å²) in [7, 11) is 4.16. The largest absolute Gasteiger partial charge is 0.356 e. The summed E-state index contributed by atoms with van der Waals surface area (Å²) < 4.78 is 1.99. The number of imidazole rings is 1. The molecule has 0 unspecified atom stereocenters. The van der Waals surface area contributed by atoms with Gasteiger partial charge in [0.15, 0.2) is 0 Å². The van der Waals surface area contributed by atoms with E-state index in [2.05, 4.69) is 52.6 Å². The summed E-state index contributed by atoms with van der Waals surface area (Å²) in [4.78, 5) is 6.58. The van der Waals surface area contributed by atoms with E-state index in [1.807, 2.05) is 24.0 Å². The first kappa shape index (κ1) is 13.6. The monoisotopic (exact) mass is 258 g/mol. The molecule has 2 aromatic rings. The fraction of sp³-hybridized carbons (Fsp3) is 0.400. The van der Waals surface area contributed by atoms with Crippen molar-refractivity contribution in [3.63, 3.8) is 0 Å². The molecule has 4 heteroatoms. The summed E-state index contributed by atoms with van der Waals surface area (Å²) in [5, 5.41) is 3.34. The van der Waals surface area contributed by atoms with Crippen molar-refractivity contribution < 1.29 is 0 Å². The highest BCUT2D eigenvalue weighted by molar-refractivity contribution is 5.24. The van der Waals surface area contributed by atoms with Crippen molar-refractivity contribution in [3.8, 4) is 0 Å². The number of hydrogen-bond acceptors (Lipinski definition) is 3. The molecule has 0 radical (unpaired) electrons. The Morgan fingerprint density at radius 2 is 2.05 bits per heavy atom. The third-order valence-corrected chi connectivity index (χ3v) is 3.12. The third kappa shape index (κ3) is 4.41. The highest BCUT2D eigenvalue weighted by Gasteiger charge is 2.01. The van der Waals surface area contributed by atoms with Crippen molar-refractivity contribution in [1.29, 1.82) is 0 Å². The van der Waals surface area contributed by atoms with Crippen molar-refractivity contribution in [2.75, 3.05) is 25.5 Å². The fourth-order valence-corrected chi connectivity index (χ4v) is 2.06. The van der Waals surface area contributed by atoms with Crippen molar-refractivity contribution in [3.05, 3.63) is 48.3 Å². The van der Waals surface area contributed by atoms with E-state index in [1.165, 1.54) is 5.56 Å². The maximum Gasteiger partial charge on any atom is 0.202 e. The quantitative estimate of drug-likeness (QED) is 0.774. The number of nitrogens with one attached hydrogen (secondary N) is 1. The number of rotatable bonds is 7. The Hall–Kier alpha value is -1.81. The van der Waals surface area contributed by atoms with Crippen molar-refractivity contribution in [2.45, 2.75) is 13.0 Å². The molecule has 0 saturated heterocycles. The van der Waals surface area contributed by atoms with E-state index in [1.54, 1.807) is 0 Å². The second-order valence-corrected chi connectivity index (χ2v) is 4.87. The minimum atomic E-state index is 0.936. The highest BCUT2D eigenvalue weighted by atomic mass is 15.2. The van der Waals surface area contributed by atoms with Crippen LogP contribution >= 0.6 is 0 Å². The van der Waals surface area contributed by atoms with Crippen LogP contribution in [0.4, 0.5) is 5.95 Å². The normalized spacial score (nSPS) is 10.9. The van der Waals surface area contributed by atoms with Gasteiger partial charge in [0.1, 0.15) is 0 Å². The fourth-order valence-electron chi connectivity index (χ4n) is 2.06. The van der Waals surface area contributed by atoms with Gasteiger partial charge in [-0.2, -0.15) is 0 Å². The molecule has 0 bridgehead atoms. The van der Waals surface area contributed by atoms with E-state index >= 15 is 0 Å². The van der Waals surface area contributed by atoms with Crippen LogP contribution in [-0.4, -0.2) is 34.6 Å². The maximum atomic E-state index is 4.24. The summed E-state index contributed by atoms with van der Waals surface area (Å²) in [5.41, 5.74) is 1.36. The average Bonchev–Trinajstić information content (AvgIpc) is 2.81. The van der Waals surface area contributed by atoms with Crippen LogP contribution in [-0.2, 0) is 13.6 Å². The van der Waals surface area contributed by atoms with Gasteiger partial charge in [-0.1, -0.05) is 30.3 Å². The summed E-state index contributed by atoms with van der Waals surface area (Å²) in [6.07, 6.45) is 4.86. The van der Waals surface area contributed by atoms with Gasteiger partial charge >= 0.3 is 0 Å². The van der Waals surface area contributed by atoms with Crippen LogP contribution in [0.2, 0.25) is 0 Å². The standard InChI is InChI=1S/C15H22N4/c1-18(13-14-7-4-3-5-8-14)11-6-9-16-15-17-10-12-19(15)2/h3-5,7-8,10,12H,6,9,11,13H2,1-2H3,(H,16,17). The second kappa shape index (κ2) is 6.95. The lowest BCUT2D eigenvalue weighted by Crippen LogP contribution is -2.21. The average molecular weight is 258 g/mol. The Labute approximate surface area is 115 Å². The Bertz CT molecular complexity index is 478. The minimum absolute atomic E-state index is 0.936. The maximum absolute atomic E-state index is 4.24. The molecule has 0 aliphatic rings. The summed E-state index contributed by atoms with van der Waals surface area (Å²) in [6, 6.07) is 10.6. The van der Waals surface area contributed by atoms with Crippen LogP contribution in [0.15, 0.2) is 42.7 Å². The van der Waals surface area contributed by atoms with Crippen LogP contribution < -0.4 is 5.32 Å². The zero-order valence-corrected chi connectivity index (χ0v) is 11.7. The SMILES string of the molecule is CN(CCCNc1nccn1C)Cc1ccccc1. The first-order valence-electron chi connectivity index (χ1n) is 6.69. The molecule has 2 rings (SSSR count). The lowest BCUT2D eigenvalue weighted by atomic mass is 10.2. The Morgan fingerprint density at radius 3 is 2.74 bits per heavy atom. The van der Waals surface area contributed by atoms with E-state index in [0.29, 0.717) is 0 Å². The predicted molar refractivity (Wildman–Crippen MR) is 79.1 cm³/mol. The number of aromatic nitrogens is 2. The minimum Gasteiger partial charge on any atom is -0.356 e. The molecule has 1 N–H and O–H groups in total. The van der Waals surface area contributed by atoms with Gasteiger partial charge < -0.3 is 14.8 Å². The molecule has 0 aliphatic carbocycles. The van der Waals surface area contributed by atoms with Crippen molar-refractivity contribution in [2.24, 2.45) is 7.05 Å². The molecule has 4 nitrogen and oxygen atoms in total. The first-order valence-corrected chi connectivity index (χ1v) is 6.69. The molecule has 0 atom stereocenters. The molecule has 0 aliphatic heterocycles. The number of nitrogens with zero attached hydrogens (tertiary/aromatic N) is 3. The zero-order chi connectivity index (χ0) is 13.5. The van der Waals surface area contributed by atoms with Crippen molar-refractivity contribution in [1.82, 2.24) is 14.5 Å². The zero-order valence-electron chi connectivity index (χ0n) is 11.7. The van der Waals surface area contributed by atoms with E-state index in [4.69, 9.17) is 0 Å². The van der Waals surface area contributed by atoms with Crippen LogP contribution in [0.25, 0.3) is 0 Å². The van der Waals surface area contributed by atoms with E-state index in [0.717, 1.165) is 32.0 Å². The van der Waals surface area contributed by atoms with Gasteiger partial charge in [-0.05, 0) is 25.6 Å². The third-order valence-electron chi connectivity index (χ3n) is 3.12. The van der Waals surface area contributed by atoms with Crippen LogP contribution in [0.3, 0.4) is 0 Å². The summed E-state index contributed by atoms with van der Waals surface area (Å²) in [5.74, 6) is 0.936. The molecule has 1 heterocycles. The highest BCUT2D eigenvalue weighted by Crippen LogP contribution is 2.04. The lowest BCUT2D eigenvalue weighted by Gasteiger charge is -2.16. The number of hydrogen-bond donors (Lipinski definition) is 1. The van der Waals surface area contributed by atoms with Gasteiger partial charge in [0.25, 0.3) is 0 Å². The molecule has 0 amide bonds. The Morgan fingerprint density at radius 1 is 1.26 bits per heavy atom. The molecule has 0 saturated carbocycles. The van der Waals surface area contributed by atoms with Gasteiger partial charge in [0.05, 0.1) is 0 Å². The molecule has 19 heavy (non-hydrogen) atoms. The van der Waals surface area contributed by atoms with Gasteiger partial charge in [-0.25, -0.2) is 4.98 Å². The molecular formula is C15H22N4. The topological polar surface area (TPSA) is 33.1 Å². The van der Waals surface area contributed by atoms with E-state index in [-0.39, 0.29) is 0 Å². The van der Waals surface area contributed by atoms with Gasteiger partial charge in [-0.3, -0.25) is 0 Å². The second-order valence-electron chi connectivity index (χ2n) is 4.87. The molecular weight excluding hydrogens is 236 g/mol. The van der Waals surface area contributed by atoms with Crippen LogP contribution in [0.1, 0.15) is 12.0 Å². The number of aryl methyl sites for hydroxylation is 1. The molecule has 1 aromatic carbocycles. The van der Waals surface area contributed by atoms with Crippen molar-refractivity contribution >= 4 is 5.95 Å². The van der Waals surface area contributed by atoms with Gasteiger partial charge in [0, 0.05) is 32.5 Å². The van der Waals surface area contributed by atoms with E-state index < -0.39 is 0 Å². The van der Waals surface area contributed by atoms with Gasteiger partial charge in [-0.15, -0.1) is 0 Å². The smallest absolute Gasteiger partial charge is 0.202 e. The number of anilines is 1. The summed E-state index contributed by atoms with van der Waals surface area (Å²) in [6.45, 7) is 3.03. The molecule has 102 valence electrons. The number of benzene rings is 1.